The van der Waals surface area contributed by atoms with Crippen LogP contribution in [0.15, 0.2) is 29.1 Å². The Balaban J connectivity index is 2.23. The fraction of sp³-hybridized carbons (Fsp3) is 0.350. The third-order valence-electron chi connectivity index (χ3n) is 5.27. The molecule has 2 heterocycles. The first-order chi connectivity index (χ1) is 13.3. The van der Waals surface area contributed by atoms with Crippen LogP contribution < -0.4 is 11.3 Å². The van der Waals surface area contributed by atoms with Gasteiger partial charge in [0.2, 0.25) is 0 Å². The molecule has 0 amide bonds. The van der Waals surface area contributed by atoms with Crippen molar-refractivity contribution in [1.82, 2.24) is 9.88 Å². The van der Waals surface area contributed by atoms with Crippen molar-refractivity contribution >= 4 is 17.8 Å². The summed E-state index contributed by atoms with van der Waals surface area (Å²) in [6, 6.07) is 7.32. The van der Waals surface area contributed by atoms with Gasteiger partial charge in [-0.05, 0) is 37.4 Å². The highest BCUT2D eigenvalue weighted by atomic mass is 16.4. The maximum atomic E-state index is 12.3. The second-order valence-corrected chi connectivity index (χ2v) is 7.08. The molecule has 148 valence electrons. The van der Waals surface area contributed by atoms with Gasteiger partial charge in [0.1, 0.15) is 16.9 Å². The minimum Gasteiger partial charge on any atom is -0.478 e. The minimum absolute atomic E-state index is 0.151. The Hall–Kier alpha value is -3.13. The van der Waals surface area contributed by atoms with E-state index in [4.69, 9.17) is 5.73 Å². The number of rotatable bonds is 5. The molecule has 0 aliphatic carbocycles. The minimum atomic E-state index is -1.50. The summed E-state index contributed by atoms with van der Waals surface area (Å²) in [5.41, 5.74) is 4.80. The molecule has 1 aliphatic heterocycles. The van der Waals surface area contributed by atoms with E-state index in [0.29, 0.717) is 18.2 Å². The van der Waals surface area contributed by atoms with Gasteiger partial charge >= 0.3 is 11.9 Å². The summed E-state index contributed by atoms with van der Waals surface area (Å²) < 4.78 is 0. The maximum absolute atomic E-state index is 12.3. The Morgan fingerprint density at radius 1 is 1.18 bits per heavy atom. The van der Waals surface area contributed by atoms with E-state index in [9.17, 15) is 24.6 Å². The molecule has 1 unspecified atom stereocenters. The molecule has 0 bridgehead atoms. The van der Waals surface area contributed by atoms with Gasteiger partial charge < -0.3 is 20.9 Å². The van der Waals surface area contributed by atoms with E-state index < -0.39 is 28.6 Å². The van der Waals surface area contributed by atoms with Crippen LogP contribution in [0.4, 0.5) is 5.82 Å². The van der Waals surface area contributed by atoms with Crippen LogP contribution in [0.5, 0.6) is 0 Å². The number of likely N-dealkylation sites (tertiary alicyclic amines) is 1. The van der Waals surface area contributed by atoms with Crippen molar-refractivity contribution in [2.24, 2.45) is 0 Å². The highest BCUT2D eigenvalue weighted by molar-refractivity contribution is 6.07. The molecule has 1 fully saturated rings. The van der Waals surface area contributed by atoms with Crippen molar-refractivity contribution in [1.29, 1.82) is 0 Å². The lowest BCUT2D eigenvalue weighted by Crippen LogP contribution is -2.37. The van der Waals surface area contributed by atoms with Gasteiger partial charge in [0.25, 0.3) is 5.56 Å². The van der Waals surface area contributed by atoms with Crippen LogP contribution in [0, 0.1) is 0 Å². The summed E-state index contributed by atoms with van der Waals surface area (Å²) in [4.78, 5) is 40.3. The van der Waals surface area contributed by atoms with Crippen LogP contribution in [-0.4, -0.2) is 44.6 Å². The van der Waals surface area contributed by atoms with Gasteiger partial charge in [-0.25, -0.2) is 9.59 Å². The lowest BCUT2D eigenvalue weighted by molar-refractivity contribution is 0.0695. The van der Waals surface area contributed by atoms with Gasteiger partial charge in [-0.15, -0.1) is 0 Å². The first kappa shape index (κ1) is 19.6. The van der Waals surface area contributed by atoms with Crippen molar-refractivity contribution in [3.63, 3.8) is 0 Å². The molecule has 8 nitrogen and oxygen atoms in total. The summed E-state index contributed by atoms with van der Waals surface area (Å²) in [5.74, 6) is -3.26. The van der Waals surface area contributed by atoms with Crippen LogP contribution in [0.3, 0.4) is 0 Å². The average molecular weight is 385 g/mol. The quantitative estimate of drug-likeness (QED) is 0.620. The summed E-state index contributed by atoms with van der Waals surface area (Å²) >= 11 is 0. The summed E-state index contributed by atoms with van der Waals surface area (Å²) in [7, 11) is 0. The fourth-order valence-electron chi connectivity index (χ4n) is 3.83. The van der Waals surface area contributed by atoms with Crippen molar-refractivity contribution in [3.05, 3.63) is 51.3 Å². The third-order valence-corrected chi connectivity index (χ3v) is 5.27. The second-order valence-electron chi connectivity index (χ2n) is 7.08. The first-order valence-corrected chi connectivity index (χ1v) is 9.16. The van der Waals surface area contributed by atoms with Crippen LogP contribution >= 0.6 is 0 Å². The van der Waals surface area contributed by atoms with E-state index in [1.54, 1.807) is 12.1 Å². The van der Waals surface area contributed by atoms with Gasteiger partial charge in [-0.2, -0.15) is 0 Å². The van der Waals surface area contributed by atoms with Gasteiger partial charge in [-0.1, -0.05) is 30.7 Å². The molecular weight excluding hydrogens is 362 g/mol. The normalized spacial score (nSPS) is 17.4. The third kappa shape index (κ3) is 3.63. The second kappa shape index (κ2) is 7.85. The zero-order valence-electron chi connectivity index (χ0n) is 15.6. The van der Waals surface area contributed by atoms with Gasteiger partial charge in [-0.3, -0.25) is 9.69 Å². The molecular formula is C20H23N3O5. The molecule has 1 aromatic carbocycles. The maximum Gasteiger partial charge on any atom is 0.342 e. The van der Waals surface area contributed by atoms with Crippen molar-refractivity contribution in [3.8, 4) is 11.1 Å². The summed E-state index contributed by atoms with van der Waals surface area (Å²) in [6.07, 6.45) is 3.31. The van der Waals surface area contributed by atoms with Crippen LogP contribution in [0.1, 0.15) is 52.5 Å². The SMILES string of the molecule is CC1CCCCN1Cc1ccccc1-c1c(C(=O)O)c(N)[nH]c(=O)c1C(=O)O. The molecule has 0 spiro atoms. The number of aromatic amines is 1. The van der Waals surface area contributed by atoms with E-state index in [-0.39, 0.29) is 11.4 Å². The number of anilines is 1. The Morgan fingerprint density at radius 2 is 1.86 bits per heavy atom. The Labute approximate surface area is 161 Å². The Bertz CT molecular complexity index is 982. The van der Waals surface area contributed by atoms with E-state index in [1.807, 2.05) is 12.1 Å². The number of hydrogen-bond acceptors (Lipinski definition) is 5. The molecule has 2 aromatic rings. The number of pyridine rings is 1. The first-order valence-electron chi connectivity index (χ1n) is 9.16. The number of piperidine rings is 1. The number of nitrogens with two attached hydrogens (primary N) is 1. The summed E-state index contributed by atoms with van der Waals surface area (Å²) in [5, 5.41) is 19.2. The van der Waals surface area contributed by atoms with Crippen molar-refractivity contribution < 1.29 is 19.8 Å². The highest BCUT2D eigenvalue weighted by Crippen LogP contribution is 2.33. The highest BCUT2D eigenvalue weighted by Gasteiger charge is 2.28. The average Bonchev–Trinajstić information content (AvgIpc) is 2.62. The van der Waals surface area contributed by atoms with E-state index in [1.165, 1.54) is 0 Å². The molecule has 0 radical (unpaired) electrons. The Morgan fingerprint density at radius 3 is 2.50 bits per heavy atom. The van der Waals surface area contributed by atoms with E-state index >= 15 is 0 Å². The molecule has 1 aromatic heterocycles. The molecule has 5 N–H and O–H groups in total. The largest absolute Gasteiger partial charge is 0.478 e. The number of H-pyrrole nitrogens is 1. The van der Waals surface area contributed by atoms with Crippen LogP contribution in [0.2, 0.25) is 0 Å². The van der Waals surface area contributed by atoms with E-state index in [0.717, 1.165) is 31.4 Å². The topological polar surface area (TPSA) is 137 Å². The summed E-state index contributed by atoms with van der Waals surface area (Å²) in [6.45, 7) is 3.57. The van der Waals surface area contributed by atoms with Crippen LogP contribution in [-0.2, 0) is 6.54 Å². The molecule has 1 saturated heterocycles. The van der Waals surface area contributed by atoms with Crippen molar-refractivity contribution in [2.45, 2.75) is 38.8 Å². The van der Waals surface area contributed by atoms with Gasteiger partial charge in [0.05, 0.1) is 0 Å². The number of nitrogen functional groups attached to an aromatic ring is 1. The number of aromatic carboxylic acids is 2. The number of aromatic nitrogens is 1. The molecule has 3 rings (SSSR count). The standard InChI is InChI=1S/C20H23N3O5/c1-11-6-4-5-9-23(11)10-12-7-2-3-8-13(12)14-15(19(25)26)17(21)22-18(24)16(14)20(27)28/h2-3,7-8,11H,4-6,9-10H2,1H3,(H,25,26)(H,27,28)(H3,21,22,24). The predicted octanol–water partition coefficient (Wildman–Crippen LogP) is 2.39. The fourth-order valence-corrected chi connectivity index (χ4v) is 3.83. The van der Waals surface area contributed by atoms with Gasteiger partial charge in [0.15, 0.2) is 0 Å². The van der Waals surface area contributed by atoms with Crippen molar-refractivity contribution in [2.75, 3.05) is 12.3 Å². The zero-order chi connectivity index (χ0) is 20.4. The van der Waals surface area contributed by atoms with Crippen LogP contribution in [0.25, 0.3) is 11.1 Å². The molecule has 8 heteroatoms. The lowest BCUT2D eigenvalue weighted by Gasteiger charge is -2.34. The molecule has 0 saturated carbocycles. The molecule has 28 heavy (non-hydrogen) atoms. The lowest BCUT2D eigenvalue weighted by atomic mass is 9.91. The Kier molecular flexibility index (Phi) is 5.51. The zero-order valence-corrected chi connectivity index (χ0v) is 15.6. The number of hydrogen-bond donors (Lipinski definition) is 4. The predicted molar refractivity (Wildman–Crippen MR) is 105 cm³/mol. The number of carbonyl (C=O) groups is 2. The number of nitrogens with zero attached hydrogens (tertiary/aromatic N) is 1. The van der Waals surface area contributed by atoms with E-state index in [2.05, 4.69) is 16.8 Å². The molecule has 1 aliphatic rings. The number of carboxylic acids is 2. The number of carboxylic acid groups (broad SMARTS) is 2. The molecule has 1 atom stereocenters. The monoisotopic (exact) mass is 385 g/mol. The smallest absolute Gasteiger partial charge is 0.342 e. The number of benzene rings is 1. The van der Waals surface area contributed by atoms with Gasteiger partial charge in [0, 0.05) is 18.2 Å². The number of nitrogens with one attached hydrogen (secondary N) is 1.